The lowest BCUT2D eigenvalue weighted by Gasteiger charge is -2.04. The fourth-order valence-electron chi connectivity index (χ4n) is 1.30. The summed E-state index contributed by atoms with van der Waals surface area (Å²) in [7, 11) is 0. The molecule has 0 radical (unpaired) electrons. The Morgan fingerprint density at radius 2 is 1.94 bits per heavy atom. The van der Waals surface area contributed by atoms with E-state index in [0.717, 1.165) is 22.9 Å². The smallest absolute Gasteiger partial charge is 0.224 e. The molecule has 0 aliphatic carbocycles. The molecule has 0 atom stereocenters. The van der Waals surface area contributed by atoms with Gasteiger partial charge in [0.2, 0.25) is 5.91 Å². The van der Waals surface area contributed by atoms with E-state index in [1.54, 1.807) is 0 Å². The van der Waals surface area contributed by atoms with E-state index < -0.39 is 0 Å². The van der Waals surface area contributed by atoms with Gasteiger partial charge in [-0.05, 0) is 30.5 Å². The summed E-state index contributed by atoms with van der Waals surface area (Å²) in [4.78, 5) is 11.5. The highest BCUT2D eigenvalue weighted by Gasteiger charge is 2.02. The maximum Gasteiger partial charge on any atom is 0.224 e. The lowest BCUT2D eigenvalue weighted by molar-refractivity contribution is -0.120. The molecule has 1 N–H and O–H groups in total. The van der Waals surface area contributed by atoms with Crippen molar-refractivity contribution in [2.45, 2.75) is 19.3 Å². The largest absolute Gasteiger partial charge is 0.356 e. The van der Waals surface area contributed by atoms with Crippen LogP contribution in [0, 0.1) is 0 Å². The minimum absolute atomic E-state index is 0.0666. The number of hydrogen-bond donors (Lipinski definition) is 1. The van der Waals surface area contributed by atoms with Crippen molar-refractivity contribution in [3.63, 3.8) is 0 Å². The third-order valence-corrected chi connectivity index (χ3v) is 2.96. The van der Waals surface area contributed by atoms with E-state index in [1.165, 1.54) is 0 Å². The molecule has 1 aromatic carbocycles. The summed E-state index contributed by atoms with van der Waals surface area (Å²) in [5.41, 5.74) is 1.03. The van der Waals surface area contributed by atoms with Gasteiger partial charge in [0.05, 0.1) is 6.42 Å². The number of carbonyl (C=O) groups is 1. The summed E-state index contributed by atoms with van der Waals surface area (Å²) < 4.78 is 1.03. The summed E-state index contributed by atoms with van der Waals surface area (Å²) in [6.45, 7) is 0.710. The quantitative estimate of drug-likeness (QED) is 0.635. The number of unbranched alkanes of at least 4 members (excludes halogenated alkanes) is 1. The average Bonchev–Trinajstić information content (AvgIpc) is 2.28. The minimum Gasteiger partial charge on any atom is -0.356 e. The molecule has 1 aromatic rings. The third-order valence-electron chi connectivity index (χ3n) is 2.16. The highest BCUT2D eigenvalue weighted by molar-refractivity contribution is 9.10. The summed E-state index contributed by atoms with van der Waals surface area (Å²) in [6, 6.07) is 7.77. The van der Waals surface area contributed by atoms with Crippen molar-refractivity contribution >= 4 is 33.4 Å². The lowest BCUT2D eigenvalue weighted by atomic mass is 10.1. The van der Waals surface area contributed by atoms with Crippen LogP contribution < -0.4 is 5.32 Å². The van der Waals surface area contributed by atoms with Gasteiger partial charge in [-0.25, -0.2) is 0 Å². The SMILES string of the molecule is O=C(Cc1ccc(Br)cc1)NCCCCCl. The highest BCUT2D eigenvalue weighted by Crippen LogP contribution is 2.10. The molecule has 0 aliphatic heterocycles. The Hall–Kier alpha value is -0.540. The first-order valence-electron chi connectivity index (χ1n) is 5.29. The molecule has 4 heteroatoms. The zero-order valence-corrected chi connectivity index (χ0v) is 11.4. The van der Waals surface area contributed by atoms with Gasteiger partial charge in [-0.15, -0.1) is 11.6 Å². The highest BCUT2D eigenvalue weighted by atomic mass is 79.9. The Labute approximate surface area is 110 Å². The van der Waals surface area contributed by atoms with Crippen molar-refractivity contribution in [3.05, 3.63) is 34.3 Å². The van der Waals surface area contributed by atoms with Gasteiger partial charge in [-0.2, -0.15) is 0 Å². The van der Waals surface area contributed by atoms with Crippen molar-refractivity contribution in [2.75, 3.05) is 12.4 Å². The molecule has 1 amide bonds. The predicted molar refractivity (Wildman–Crippen MR) is 70.8 cm³/mol. The standard InChI is InChI=1S/C12H15BrClNO/c13-11-5-3-10(4-6-11)9-12(16)15-8-2-1-7-14/h3-6H,1-2,7-9H2,(H,15,16). The van der Waals surface area contributed by atoms with Crippen LogP contribution in [0.3, 0.4) is 0 Å². The van der Waals surface area contributed by atoms with Gasteiger partial charge < -0.3 is 5.32 Å². The molecule has 0 saturated heterocycles. The molecule has 0 bridgehead atoms. The maximum absolute atomic E-state index is 11.5. The van der Waals surface area contributed by atoms with Gasteiger partial charge in [0.1, 0.15) is 0 Å². The molecule has 0 unspecified atom stereocenters. The molecular weight excluding hydrogens is 289 g/mol. The Bertz CT molecular complexity index is 326. The van der Waals surface area contributed by atoms with Crippen LogP contribution >= 0.6 is 27.5 Å². The zero-order chi connectivity index (χ0) is 11.8. The molecule has 2 nitrogen and oxygen atoms in total. The van der Waals surface area contributed by atoms with Crippen LogP contribution in [0.4, 0.5) is 0 Å². The molecule has 88 valence electrons. The number of benzene rings is 1. The molecule has 1 rings (SSSR count). The van der Waals surface area contributed by atoms with Crippen LogP contribution in [0.1, 0.15) is 18.4 Å². The Morgan fingerprint density at radius 3 is 2.56 bits per heavy atom. The predicted octanol–water partition coefficient (Wildman–Crippen LogP) is 3.13. The van der Waals surface area contributed by atoms with Crippen LogP contribution in [0.25, 0.3) is 0 Å². The monoisotopic (exact) mass is 303 g/mol. The van der Waals surface area contributed by atoms with Gasteiger partial charge in [0, 0.05) is 16.9 Å². The van der Waals surface area contributed by atoms with E-state index in [2.05, 4.69) is 21.2 Å². The summed E-state index contributed by atoms with van der Waals surface area (Å²) in [5, 5.41) is 2.87. The Morgan fingerprint density at radius 1 is 1.25 bits per heavy atom. The molecule has 0 fully saturated rings. The molecule has 0 aromatic heterocycles. The second-order valence-corrected chi connectivity index (χ2v) is 4.84. The maximum atomic E-state index is 11.5. The summed E-state index contributed by atoms with van der Waals surface area (Å²) in [6.07, 6.45) is 2.32. The first-order chi connectivity index (χ1) is 7.72. The van der Waals surface area contributed by atoms with E-state index in [4.69, 9.17) is 11.6 Å². The van der Waals surface area contributed by atoms with Crippen LogP contribution in [0.5, 0.6) is 0 Å². The first kappa shape index (κ1) is 13.5. The van der Waals surface area contributed by atoms with Crippen molar-refractivity contribution in [2.24, 2.45) is 0 Å². The molecule has 0 spiro atoms. The molecule has 16 heavy (non-hydrogen) atoms. The normalized spacial score (nSPS) is 10.1. The number of nitrogens with one attached hydrogen (secondary N) is 1. The van der Waals surface area contributed by atoms with Crippen molar-refractivity contribution in [1.82, 2.24) is 5.32 Å². The zero-order valence-electron chi connectivity index (χ0n) is 9.01. The molecule has 0 saturated carbocycles. The number of rotatable bonds is 6. The molecule has 0 aliphatic rings. The molecule has 0 heterocycles. The van der Waals surface area contributed by atoms with Crippen LogP contribution in [-0.2, 0) is 11.2 Å². The van der Waals surface area contributed by atoms with Crippen LogP contribution in [0.15, 0.2) is 28.7 Å². The van der Waals surface area contributed by atoms with Gasteiger partial charge in [0.25, 0.3) is 0 Å². The Kier molecular flexibility index (Phi) is 6.50. The minimum atomic E-state index is 0.0666. The van der Waals surface area contributed by atoms with Crippen molar-refractivity contribution in [3.8, 4) is 0 Å². The number of amides is 1. The fraction of sp³-hybridized carbons (Fsp3) is 0.417. The summed E-state index contributed by atoms with van der Waals surface area (Å²) in [5.74, 6) is 0.722. The number of hydrogen-bond acceptors (Lipinski definition) is 1. The van der Waals surface area contributed by atoms with Gasteiger partial charge in [-0.1, -0.05) is 28.1 Å². The second kappa shape index (κ2) is 7.69. The average molecular weight is 305 g/mol. The summed E-state index contributed by atoms with van der Waals surface area (Å²) >= 11 is 8.90. The van der Waals surface area contributed by atoms with Gasteiger partial charge in [0.15, 0.2) is 0 Å². The van der Waals surface area contributed by atoms with Crippen molar-refractivity contribution < 1.29 is 4.79 Å². The third kappa shape index (κ3) is 5.52. The fourth-order valence-corrected chi connectivity index (χ4v) is 1.75. The van der Waals surface area contributed by atoms with E-state index in [1.807, 2.05) is 24.3 Å². The number of alkyl halides is 1. The second-order valence-electron chi connectivity index (χ2n) is 3.55. The number of carbonyl (C=O) groups excluding carboxylic acids is 1. The van der Waals surface area contributed by atoms with E-state index >= 15 is 0 Å². The first-order valence-corrected chi connectivity index (χ1v) is 6.62. The van der Waals surface area contributed by atoms with E-state index in [9.17, 15) is 4.79 Å². The number of halogens is 2. The van der Waals surface area contributed by atoms with E-state index in [-0.39, 0.29) is 5.91 Å². The topological polar surface area (TPSA) is 29.1 Å². The van der Waals surface area contributed by atoms with Crippen LogP contribution in [-0.4, -0.2) is 18.3 Å². The Balaban J connectivity index is 2.26. The molecular formula is C12H15BrClNO. The van der Waals surface area contributed by atoms with Gasteiger partial charge in [-0.3, -0.25) is 4.79 Å². The van der Waals surface area contributed by atoms with Crippen LogP contribution in [0.2, 0.25) is 0 Å². The van der Waals surface area contributed by atoms with Gasteiger partial charge >= 0.3 is 0 Å². The lowest BCUT2D eigenvalue weighted by Crippen LogP contribution is -2.26. The van der Waals surface area contributed by atoms with Crippen molar-refractivity contribution in [1.29, 1.82) is 0 Å². The van der Waals surface area contributed by atoms with E-state index in [0.29, 0.717) is 18.8 Å².